The number of aromatic hydroxyl groups is 1. The van der Waals surface area contributed by atoms with Crippen LogP contribution >= 0.6 is 0 Å². The Morgan fingerprint density at radius 3 is 2.75 bits per heavy atom. The van der Waals surface area contributed by atoms with Gasteiger partial charge in [0.2, 0.25) is 0 Å². The summed E-state index contributed by atoms with van der Waals surface area (Å²) >= 11 is 0. The van der Waals surface area contributed by atoms with E-state index in [1.165, 1.54) is 5.56 Å². The van der Waals surface area contributed by atoms with Crippen LogP contribution in [0.2, 0.25) is 0 Å². The Morgan fingerprint density at radius 1 is 1.45 bits per heavy atom. The number of phenolic OH excluding ortho intramolecular Hbond substituents is 1. The minimum absolute atomic E-state index is 0.240. The van der Waals surface area contributed by atoms with E-state index in [0.717, 1.165) is 12.0 Å². The first-order valence-electron chi connectivity index (χ1n) is 7.10. The number of fused-ring (bicyclic) bond motifs is 1. The van der Waals surface area contributed by atoms with Crippen molar-refractivity contribution in [2.75, 3.05) is 6.54 Å². The molecule has 1 aliphatic rings. The van der Waals surface area contributed by atoms with Crippen molar-refractivity contribution in [2.45, 2.75) is 52.2 Å². The summed E-state index contributed by atoms with van der Waals surface area (Å²) in [6, 6.07) is 5.42. The number of nitrogens with zero attached hydrogens (tertiary/aromatic N) is 1. The van der Waals surface area contributed by atoms with Gasteiger partial charge in [-0.25, -0.2) is 4.79 Å². The maximum Gasteiger partial charge on any atom is 0.410 e. The standard InChI is InChI=1S/C16H23NO3/c1-5-11-9-17(15(19)20-16(2,3)4)10-12-8-13(18)6-7-14(11)12/h6-8,11,18H,5,9-10H2,1-4H3. The van der Waals surface area contributed by atoms with Crippen molar-refractivity contribution in [1.82, 2.24) is 4.90 Å². The molecule has 4 nitrogen and oxygen atoms in total. The Kier molecular flexibility index (Phi) is 3.93. The predicted octanol–water partition coefficient (Wildman–Crippen LogP) is 3.64. The van der Waals surface area contributed by atoms with Gasteiger partial charge in [0.05, 0.1) is 0 Å². The molecular formula is C16H23NO3. The molecule has 0 spiro atoms. The first-order chi connectivity index (χ1) is 9.30. The molecule has 4 heteroatoms. The monoisotopic (exact) mass is 277 g/mol. The number of hydrogen-bond donors (Lipinski definition) is 1. The Bertz CT molecular complexity index is 505. The van der Waals surface area contributed by atoms with Crippen molar-refractivity contribution in [3.8, 4) is 5.75 Å². The van der Waals surface area contributed by atoms with E-state index in [0.29, 0.717) is 19.0 Å². The molecule has 0 saturated heterocycles. The molecule has 1 heterocycles. The normalized spacial score (nSPS) is 18.6. The molecule has 1 atom stereocenters. The second kappa shape index (κ2) is 5.35. The number of amides is 1. The summed E-state index contributed by atoms with van der Waals surface area (Å²) in [7, 11) is 0. The molecule has 0 fully saturated rings. The molecule has 20 heavy (non-hydrogen) atoms. The topological polar surface area (TPSA) is 49.8 Å². The van der Waals surface area contributed by atoms with E-state index in [1.807, 2.05) is 26.8 Å². The lowest BCUT2D eigenvalue weighted by Gasteiger charge is -2.35. The number of rotatable bonds is 1. The molecule has 1 amide bonds. The Morgan fingerprint density at radius 2 is 2.15 bits per heavy atom. The van der Waals surface area contributed by atoms with E-state index < -0.39 is 5.60 Å². The maximum atomic E-state index is 12.2. The third kappa shape index (κ3) is 3.24. The van der Waals surface area contributed by atoms with Gasteiger partial charge in [-0.05, 0) is 50.5 Å². The van der Waals surface area contributed by atoms with Crippen LogP contribution in [0.15, 0.2) is 18.2 Å². The minimum atomic E-state index is -0.488. The zero-order chi connectivity index (χ0) is 14.9. The molecule has 1 N–H and O–H groups in total. The van der Waals surface area contributed by atoms with E-state index in [4.69, 9.17) is 4.74 Å². The lowest BCUT2D eigenvalue weighted by Crippen LogP contribution is -2.41. The number of phenols is 1. The zero-order valence-corrected chi connectivity index (χ0v) is 12.6. The smallest absolute Gasteiger partial charge is 0.410 e. The molecule has 0 saturated carbocycles. The van der Waals surface area contributed by atoms with Gasteiger partial charge in [-0.15, -0.1) is 0 Å². The van der Waals surface area contributed by atoms with Crippen LogP contribution in [0, 0.1) is 0 Å². The summed E-state index contributed by atoms with van der Waals surface area (Å²) in [5.74, 6) is 0.538. The number of carbonyl (C=O) groups is 1. The van der Waals surface area contributed by atoms with Crippen LogP contribution < -0.4 is 0 Å². The van der Waals surface area contributed by atoms with Crippen LogP contribution in [0.5, 0.6) is 5.75 Å². The SMILES string of the molecule is CCC1CN(C(=O)OC(C)(C)C)Cc2cc(O)ccc21. The van der Waals surface area contributed by atoms with E-state index in [1.54, 1.807) is 17.0 Å². The van der Waals surface area contributed by atoms with Gasteiger partial charge in [0, 0.05) is 19.0 Å². The van der Waals surface area contributed by atoms with E-state index in [-0.39, 0.29) is 11.8 Å². The first-order valence-corrected chi connectivity index (χ1v) is 7.10. The van der Waals surface area contributed by atoms with Gasteiger partial charge in [-0.3, -0.25) is 0 Å². The fraction of sp³-hybridized carbons (Fsp3) is 0.562. The molecule has 1 aliphatic heterocycles. The molecule has 1 aromatic rings. The lowest BCUT2D eigenvalue weighted by molar-refractivity contribution is 0.0204. The molecule has 0 bridgehead atoms. The van der Waals surface area contributed by atoms with Crippen molar-refractivity contribution in [3.63, 3.8) is 0 Å². The fourth-order valence-corrected chi connectivity index (χ4v) is 2.58. The van der Waals surface area contributed by atoms with Gasteiger partial charge in [0.25, 0.3) is 0 Å². The molecule has 110 valence electrons. The summed E-state index contributed by atoms with van der Waals surface area (Å²) in [6.07, 6.45) is 0.668. The molecule has 0 aromatic heterocycles. The molecule has 2 rings (SSSR count). The third-order valence-corrected chi connectivity index (χ3v) is 3.51. The average Bonchev–Trinajstić information content (AvgIpc) is 2.34. The largest absolute Gasteiger partial charge is 0.508 e. The summed E-state index contributed by atoms with van der Waals surface area (Å²) in [5.41, 5.74) is 1.75. The summed E-state index contributed by atoms with van der Waals surface area (Å²) in [6.45, 7) is 8.88. The van der Waals surface area contributed by atoms with Crippen LogP contribution in [-0.2, 0) is 11.3 Å². The van der Waals surface area contributed by atoms with Crippen LogP contribution in [0.3, 0.4) is 0 Å². The van der Waals surface area contributed by atoms with Crippen molar-refractivity contribution >= 4 is 6.09 Å². The maximum absolute atomic E-state index is 12.2. The summed E-state index contributed by atoms with van der Waals surface area (Å²) < 4.78 is 5.44. The Hall–Kier alpha value is -1.71. The van der Waals surface area contributed by atoms with Gasteiger partial charge >= 0.3 is 6.09 Å². The molecule has 0 radical (unpaired) electrons. The predicted molar refractivity (Wildman–Crippen MR) is 77.8 cm³/mol. The molecule has 0 aliphatic carbocycles. The van der Waals surface area contributed by atoms with Crippen LogP contribution in [0.25, 0.3) is 0 Å². The first kappa shape index (κ1) is 14.7. The molecule has 1 unspecified atom stereocenters. The van der Waals surface area contributed by atoms with Gasteiger partial charge < -0.3 is 14.7 Å². The number of hydrogen-bond acceptors (Lipinski definition) is 3. The van der Waals surface area contributed by atoms with E-state index >= 15 is 0 Å². The van der Waals surface area contributed by atoms with E-state index in [9.17, 15) is 9.90 Å². The Balaban J connectivity index is 2.22. The van der Waals surface area contributed by atoms with E-state index in [2.05, 4.69) is 6.92 Å². The number of carbonyl (C=O) groups excluding carboxylic acids is 1. The highest BCUT2D eigenvalue weighted by Crippen LogP contribution is 2.33. The summed E-state index contributed by atoms with van der Waals surface area (Å²) in [4.78, 5) is 13.9. The van der Waals surface area contributed by atoms with Gasteiger partial charge in [-0.2, -0.15) is 0 Å². The molecular weight excluding hydrogens is 254 g/mol. The van der Waals surface area contributed by atoms with Crippen molar-refractivity contribution in [1.29, 1.82) is 0 Å². The highest BCUT2D eigenvalue weighted by atomic mass is 16.6. The second-order valence-corrected chi connectivity index (χ2v) is 6.35. The summed E-state index contributed by atoms with van der Waals surface area (Å²) in [5, 5.41) is 9.62. The van der Waals surface area contributed by atoms with Crippen molar-refractivity contribution in [2.24, 2.45) is 0 Å². The van der Waals surface area contributed by atoms with Gasteiger partial charge in [0.1, 0.15) is 11.4 Å². The van der Waals surface area contributed by atoms with Crippen LogP contribution in [0.4, 0.5) is 4.79 Å². The highest BCUT2D eigenvalue weighted by molar-refractivity contribution is 5.69. The van der Waals surface area contributed by atoms with Crippen molar-refractivity contribution < 1.29 is 14.6 Å². The van der Waals surface area contributed by atoms with Gasteiger partial charge in [-0.1, -0.05) is 13.0 Å². The molecule has 1 aromatic carbocycles. The van der Waals surface area contributed by atoms with Crippen LogP contribution in [0.1, 0.15) is 51.2 Å². The van der Waals surface area contributed by atoms with Crippen molar-refractivity contribution in [3.05, 3.63) is 29.3 Å². The quantitative estimate of drug-likeness (QED) is 0.852. The lowest BCUT2D eigenvalue weighted by atomic mass is 9.88. The second-order valence-electron chi connectivity index (χ2n) is 6.35. The third-order valence-electron chi connectivity index (χ3n) is 3.51. The number of ether oxygens (including phenoxy) is 1. The van der Waals surface area contributed by atoms with Crippen LogP contribution in [-0.4, -0.2) is 28.2 Å². The van der Waals surface area contributed by atoms with Gasteiger partial charge in [0.15, 0.2) is 0 Å². The number of benzene rings is 1. The minimum Gasteiger partial charge on any atom is -0.508 e. The Labute approximate surface area is 120 Å². The highest BCUT2D eigenvalue weighted by Gasteiger charge is 2.30. The zero-order valence-electron chi connectivity index (χ0n) is 12.6. The fourth-order valence-electron chi connectivity index (χ4n) is 2.58. The average molecular weight is 277 g/mol.